The summed E-state index contributed by atoms with van der Waals surface area (Å²) in [4.78, 5) is 13.5. The summed E-state index contributed by atoms with van der Waals surface area (Å²) in [7, 11) is 2.04. The molecule has 20 heavy (non-hydrogen) atoms. The maximum absolute atomic E-state index is 4.71. The largest absolute Gasteiger partial charge is 0.341 e. The first-order chi connectivity index (χ1) is 9.84. The Bertz CT molecular complexity index is 549. The fourth-order valence-corrected chi connectivity index (χ4v) is 2.56. The molecule has 4 heteroatoms. The smallest absolute Gasteiger partial charge is 0.227 e. The van der Waals surface area contributed by atoms with E-state index in [-0.39, 0.29) is 0 Å². The van der Waals surface area contributed by atoms with Gasteiger partial charge in [0.05, 0.1) is 0 Å². The predicted octanol–water partition coefficient (Wildman–Crippen LogP) is 3.23. The zero-order chi connectivity index (χ0) is 13.8. The summed E-state index contributed by atoms with van der Waals surface area (Å²) in [5.41, 5.74) is 1.13. The Labute approximate surface area is 120 Å². The van der Waals surface area contributed by atoms with Gasteiger partial charge in [0.1, 0.15) is 5.82 Å². The van der Waals surface area contributed by atoms with Crippen LogP contribution in [-0.4, -0.2) is 30.1 Å². The lowest BCUT2D eigenvalue weighted by atomic mass is 10.1. The van der Waals surface area contributed by atoms with E-state index in [1.807, 2.05) is 37.5 Å². The van der Waals surface area contributed by atoms with Gasteiger partial charge in [-0.15, -0.1) is 0 Å². The van der Waals surface area contributed by atoms with E-state index in [2.05, 4.69) is 26.9 Å². The first-order valence-corrected chi connectivity index (χ1v) is 7.21. The Morgan fingerprint density at radius 1 is 1.00 bits per heavy atom. The van der Waals surface area contributed by atoms with E-state index >= 15 is 0 Å². The van der Waals surface area contributed by atoms with Gasteiger partial charge in [0.2, 0.25) is 5.95 Å². The molecule has 4 nitrogen and oxygen atoms in total. The third-order valence-electron chi connectivity index (χ3n) is 3.75. The van der Waals surface area contributed by atoms with Gasteiger partial charge in [0.25, 0.3) is 0 Å². The standard InChI is InChI=1S/C16H20N4/c1-19(14-8-4-2-5-9-14)15-10-11-17-16(18-15)20-12-6-3-7-13-20/h2,4-5,8-11H,3,6-7,12-13H2,1H3. The van der Waals surface area contributed by atoms with E-state index in [9.17, 15) is 0 Å². The van der Waals surface area contributed by atoms with E-state index in [1.165, 1.54) is 19.3 Å². The highest BCUT2D eigenvalue weighted by Gasteiger charge is 2.14. The van der Waals surface area contributed by atoms with E-state index in [4.69, 9.17) is 4.98 Å². The molecule has 0 unspecified atom stereocenters. The summed E-state index contributed by atoms with van der Waals surface area (Å²) >= 11 is 0. The molecule has 0 radical (unpaired) electrons. The Morgan fingerprint density at radius 2 is 1.75 bits per heavy atom. The lowest BCUT2D eigenvalue weighted by Crippen LogP contribution is -2.31. The normalized spacial score (nSPS) is 15.2. The highest BCUT2D eigenvalue weighted by atomic mass is 15.3. The SMILES string of the molecule is CN(c1ccccc1)c1ccnc(N2CCCCC2)n1. The number of piperidine rings is 1. The van der Waals surface area contributed by atoms with Crippen LogP contribution < -0.4 is 9.80 Å². The molecular formula is C16H20N4. The molecule has 1 aliphatic rings. The fraction of sp³-hybridized carbons (Fsp3) is 0.375. The minimum absolute atomic E-state index is 0.852. The molecule has 1 aliphatic heterocycles. The second-order valence-corrected chi connectivity index (χ2v) is 5.16. The molecule has 0 saturated carbocycles. The molecule has 0 amide bonds. The highest BCUT2D eigenvalue weighted by molar-refractivity contribution is 5.59. The van der Waals surface area contributed by atoms with Gasteiger partial charge in [0.15, 0.2) is 0 Å². The van der Waals surface area contributed by atoms with Crippen molar-refractivity contribution in [1.82, 2.24) is 9.97 Å². The topological polar surface area (TPSA) is 32.3 Å². The van der Waals surface area contributed by atoms with Crippen molar-refractivity contribution in [3.63, 3.8) is 0 Å². The quantitative estimate of drug-likeness (QED) is 0.855. The Balaban J connectivity index is 1.83. The second-order valence-electron chi connectivity index (χ2n) is 5.16. The van der Waals surface area contributed by atoms with Crippen molar-refractivity contribution >= 4 is 17.5 Å². The van der Waals surface area contributed by atoms with Gasteiger partial charge in [-0.25, -0.2) is 4.98 Å². The average Bonchev–Trinajstić information content (AvgIpc) is 2.56. The molecule has 1 fully saturated rings. The van der Waals surface area contributed by atoms with Gasteiger partial charge in [-0.1, -0.05) is 18.2 Å². The van der Waals surface area contributed by atoms with Gasteiger partial charge < -0.3 is 9.80 Å². The number of hydrogen-bond donors (Lipinski definition) is 0. The van der Waals surface area contributed by atoms with Crippen molar-refractivity contribution in [2.45, 2.75) is 19.3 Å². The first-order valence-electron chi connectivity index (χ1n) is 7.21. The third kappa shape index (κ3) is 2.74. The molecule has 0 aliphatic carbocycles. The van der Waals surface area contributed by atoms with E-state index < -0.39 is 0 Å². The van der Waals surface area contributed by atoms with Crippen LogP contribution in [0.2, 0.25) is 0 Å². The maximum atomic E-state index is 4.71. The van der Waals surface area contributed by atoms with Crippen molar-refractivity contribution in [2.75, 3.05) is 29.9 Å². The first kappa shape index (κ1) is 12.9. The van der Waals surface area contributed by atoms with Gasteiger partial charge in [-0.3, -0.25) is 0 Å². The zero-order valence-corrected chi connectivity index (χ0v) is 11.9. The molecule has 1 aromatic carbocycles. The van der Waals surface area contributed by atoms with Gasteiger partial charge in [-0.05, 0) is 37.5 Å². The number of aromatic nitrogens is 2. The molecular weight excluding hydrogens is 248 g/mol. The van der Waals surface area contributed by atoms with Crippen LogP contribution in [-0.2, 0) is 0 Å². The van der Waals surface area contributed by atoms with E-state index in [0.29, 0.717) is 0 Å². The van der Waals surface area contributed by atoms with Crippen molar-refractivity contribution < 1.29 is 0 Å². The Kier molecular flexibility index (Phi) is 3.81. The van der Waals surface area contributed by atoms with Crippen LogP contribution in [0.5, 0.6) is 0 Å². The molecule has 0 spiro atoms. The number of hydrogen-bond acceptors (Lipinski definition) is 4. The highest BCUT2D eigenvalue weighted by Crippen LogP contribution is 2.23. The predicted molar refractivity (Wildman–Crippen MR) is 82.6 cm³/mol. The van der Waals surface area contributed by atoms with Crippen molar-refractivity contribution in [3.05, 3.63) is 42.6 Å². The lowest BCUT2D eigenvalue weighted by Gasteiger charge is -2.27. The van der Waals surface area contributed by atoms with Crippen LogP contribution in [0, 0.1) is 0 Å². The number of anilines is 3. The molecule has 0 N–H and O–H groups in total. The molecule has 1 saturated heterocycles. The molecule has 2 aromatic rings. The summed E-state index contributed by atoms with van der Waals surface area (Å²) < 4.78 is 0. The molecule has 1 aromatic heterocycles. The molecule has 0 bridgehead atoms. The minimum Gasteiger partial charge on any atom is -0.341 e. The van der Waals surface area contributed by atoms with Crippen LogP contribution in [0.15, 0.2) is 42.6 Å². The number of rotatable bonds is 3. The number of benzene rings is 1. The summed E-state index contributed by atoms with van der Waals surface area (Å²) in [5.74, 6) is 1.79. The molecule has 0 atom stereocenters. The Morgan fingerprint density at radius 3 is 2.50 bits per heavy atom. The summed E-state index contributed by atoms with van der Waals surface area (Å²) in [6, 6.07) is 12.2. The van der Waals surface area contributed by atoms with Crippen molar-refractivity contribution in [1.29, 1.82) is 0 Å². The van der Waals surface area contributed by atoms with Crippen LogP contribution >= 0.6 is 0 Å². The summed E-state index contributed by atoms with van der Waals surface area (Å²) in [5, 5.41) is 0. The molecule has 2 heterocycles. The Hall–Kier alpha value is -2.10. The van der Waals surface area contributed by atoms with Crippen LogP contribution in [0.1, 0.15) is 19.3 Å². The molecule has 3 rings (SSSR count). The average molecular weight is 268 g/mol. The monoisotopic (exact) mass is 268 g/mol. The minimum atomic E-state index is 0.852. The van der Waals surface area contributed by atoms with Gasteiger partial charge in [-0.2, -0.15) is 4.98 Å². The van der Waals surface area contributed by atoms with E-state index in [1.54, 1.807) is 0 Å². The fourth-order valence-electron chi connectivity index (χ4n) is 2.56. The zero-order valence-electron chi connectivity index (χ0n) is 11.9. The third-order valence-corrected chi connectivity index (χ3v) is 3.75. The molecule has 104 valence electrons. The van der Waals surface area contributed by atoms with E-state index in [0.717, 1.165) is 30.5 Å². The van der Waals surface area contributed by atoms with Crippen molar-refractivity contribution in [2.24, 2.45) is 0 Å². The van der Waals surface area contributed by atoms with Crippen LogP contribution in [0.25, 0.3) is 0 Å². The summed E-state index contributed by atoms with van der Waals surface area (Å²) in [6.07, 6.45) is 5.65. The summed E-state index contributed by atoms with van der Waals surface area (Å²) in [6.45, 7) is 2.14. The lowest BCUT2D eigenvalue weighted by molar-refractivity contribution is 0.568. The van der Waals surface area contributed by atoms with Gasteiger partial charge in [0, 0.05) is 32.0 Å². The number of nitrogens with zero attached hydrogens (tertiary/aromatic N) is 4. The number of para-hydroxylation sites is 1. The van der Waals surface area contributed by atoms with Crippen LogP contribution in [0.4, 0.5) is 17.5 Å². The maximum Gasteiger partial charge on any atom is 0.227 e. The van der Waals surface area contributed by atoms with Crippen LogP contribution in [0.3, 0.4) is 0 Å². The van der Waals surface area contributed by atoms with Gasteiger partial charge >= 0.3 is 0 Å². The second kappa shape index (κ2) is 5.90. The van der Waals surface area contributed by atoms with Crippen molar-refractivity contribution in [3.8, 4) is 0 Å².